The first kappa shape index (κ1) is 28.4. The number of aliphatic hydroxyl groups is 1. The first-order chi connectivity index (χ1) is 19.3. The predicted molar refractivity (Wildman–Crippen MR) is 158 cm³/mol. The largest absolute Gasteiger partial charge is 0.506 e. The van der Waals surface area contributed by atoms with Crippen molar-refractivity contribution in [1.82, 2.24) is 19.8 Å². The number of amides is 1. The summed E-state index contributed by atoms with van der Waals surface area (Å²) < 4.78 is 0. The average Bonchev–Trinajstić information content (AvgIpc) is 2.95. The summed E-state index contributed by atoms with van der Waals surface area (Å²) >= 11 is 0. The van der Waals surface area contributed by atoms with E-state index in [2.05, 4.69) is 37.4 Å². The number of primary amides is 1. The third-order valence-electron chi connectivity index (χ3n) is 8.67. The van der Waals surface area contributed by atoms with Gasteiger partial charge in [-0.25, -0.2) is 9.97 Å². The lowest BCUT2D eigenvalue weighted by atomic mass is 9.93. The number of nitrogens with two attached hydrogens (primary N) is 1. The summed E-state index contributed by atoms with van der Waals surface area (Å²) in [5, 5.41) is 27.5. The molecule has 11 nitrogen and oxygen atoms in total. The van der Waals surface area contributed by atoms with E-state index in [4.69, 9.17) is 10.7 Å². The van der Waals surface area contributed by atoms with Gasteiger partial charge in [-0.1, -0.05) is 6.92 Å². The number of aromatic hydroxyl groups is 1. The highest BCUT2D eigenvalue weighted by Crippen LogP contribution is 2.34. The lowest BCUT2D eigenvalue weighted by Crippen LogP contribution is -2.52. The maximum absolute atomic E-state index is 12.3. The monoisotopic (exact) mass is 552 g/mol. The number of carbonyl (C=O) groups excluding carboxylic acids is 1. The van der Waals surface area contributed by atoms with Gasteiger partial charge >= 0.3 is 0 Å². The molecule has 1 amide bonds. The third-order valence-corrected chi connectivity index (χ3v) is 8.67. The van der Waals surface area contributed by atoms with Crippen molar-refractivity contribution in [2.24, 2.45) is 5.73 Å². The molecule has 0 atom stereocenters. The summed E-state index contributed by atoms with van der Waals surface area (Å²) in [6.07, 6.45) is 5.69. The zero-order valence-corrected chi connectivity index (χ0v) is 23.8. The lowest BCUT2D eigenvalue weighted by Gasteiger charge is -2.42. The van der Waals surface area contributed by atoms with Crippen LogP contribution in [-0.2, 0) is 6.42 Å². The number of phenols is 1. The van der Waals surface area contributed by atoms with Gasteiger partial charge in [0, 0.05) is 63.1 Å². The number of carbonyl (C=O) groups is 1. The highest BCUT2D eigenvalue weighted by atomic mass is 16.3. The van der Waals surface area contributed by atoms with E-state index in [9.17, 15) is 15.0 Å². The number of nitrogens with one attached hydrogen (secondary N) is 2. The van der Waals surface area contributed by atoms with Gasteiger partial charge in [-0.2, -0.15) is 0 Å². The van der Waals surface area contributed by atoms with E-state index in [-0.39, 0.29) is 29.4 Å². The van der Waals surface area contributed by atoms with Crippen molar-refractivity contribution in [2.75, 3.05) is 61.8 Å². The van der Waals surface area contributed by atoms with Crippen LogP contribution in [-0.4, -0.2) is 100 Å². The Balaban J connectivity index is 1.28. The number of aromatic nitrogens is 2. The highest BCUT2D eigenvalue weighted by molar-refractivity contribution is 5.96. The molecule has 2 aliphatic heterocycles. The highest BCUT2D eigenvalue weighted by Gasteiger charge is 2.28. The molecule has 5 rings (SSSR count). The molecular weight excluding hydrogens is 508 g/mol. The zero-order valence-electron chi connectivity index (χ0n) is 23.8. The van der Waals surface area contributed by atoms with E-state index in [1.165, 1.54) is 0 Å². The van der Waals surface area contributed by atoms with E-state index < -0.39 is 5.91 Å². The fraction of sp³-hybridized carbons (Fsp3) is 0.621. The summed E-state index contributed by atoms with van der Waals surface area (Å²) in [4.78, 5) is 28.8. The molecule has 0 radical (unpaired) electrons. The Morgan fingerprint density at radius 1 is 1.00 bits per heavy atom. The molecule has 0 spiro atoms. The first-order valence-electron chi connectivity index (χ1n) is 14.7. The quantitative estimate of drug-likeness (QED) is 0.331. The van der Waals surface area contributed by atoms with Gasteiger partial charge < -0.3 is 36.4 Å². The van der Waals surface area contributed by atoms with Gasteiger partial charge in [0.2, 0.25) is 0 Å². The van der Waals surface area contributed by atoms with Crippen LogP contribution in [0.2, 0.25) is 0 Å². The van der Waals surface area contributed by atoms with Crippen molar-refractivity contribution < 1.29 is 15.0 Å². The number of nitrogens with zero attached hydrogens (tertiary/aromatic N) is 5. The Kier molecular flexibility index (Phi) is 8.92. The van der Waals surface area contributed by atoms with Crippen molar-refractivity contribution >= 4 is 28.9 Å². The molecule has 40 heavy (non-hydrogen) atoms. The average molecular weight is 553 g/mol. The second-order valence-corrected chi connectivity index (χ2v) is 11.5. The minimum atomic E-state index is -0.666. The fourth-order valence-electron chi connectivity index (χ4n) is 6.17. The van der Waals surface area contributed by atoms with Crippen LogP contribution in [0.15, 0.2) is 18.2 Å². The minimum Gasteiger partial charge on any atom is -0.506 e. The minimum absolute atomic E-state index is 0.0658. The predicted octanol–water partition coefficient (Wildman–Crippen LogP) is 2.52. The van der Waals surface area contributed by atoms with Gasteiger partial charge in [0.15, 0.2) is 11.5 Å². The van der Waals surface area contributed by atoms with E-state index in [1.54, 1.807) is 6.07 Å². The smallest absolute Gasteiger partial charge is 0.271 e. The lowest BCUT2D eigenvalue weighted by molar-refractivity contribution is 0.0981. The molecule has 1 saturated carbocycles. The number of piperidine rings is 1. The van der Waals surface area contributed by atoms with E-state index in [1.807, 2.05) is 19.1 Å². The van der Waals surface area contributed by atoms with Crippen LogP contribution < -0.4 is 21.3 Å². The summed E-state index contributed by atoms with van der Waals surface area (Å²) in [7, 11) is 2.18. The van der Waals surface area contributed by atoms with E-state index in [0.717, 1.165) is 83.5 Å². The molecule has 1 aromatic carbocycles. The van der Waals surface area contributed by atoms with Gasteiger partial charge in [-0.3, -0.25) is 9.69 Å². The molecule has 3 fully saturated rings. The first-order valence-corrected chi connectivity index (χ1v) is 14.7. The number of rotatable bonds is 8. The topological polar surface area (TPSA) is 143 Å². The zero-order chi connectivity index (χ0) is 28.2. The summed E-state index contributed by atoms with van der Waals surface area (Å²) in [5.74, 6) is 0.380. The van der Waals surface area contributed by atoms with Gasteiger partial charge in [-0.05, 0) is 64.1 Å². The maximum atomic E-state index is 12.3. The van der Waals surface area contributed by atoms with Crippen LogP contribution in [0.4, 0.5) is 23.0 Å². The van der Waals surface area contributed by atoms with Crippen molar-refractivity contribution in [3.05, 3.63) is 29.6 Å². The van der Waals surface area contributed by atoms with E-state index in [0.29, 0.717) is 29.7 Å². The Morgan fingerprint density at radius 3 is 2.33 bits per heavy atom. The normalized spacial score (nSPS) is 23.2. The fourth-order valence-corrected chi connectivity index (χ4v) is 6.17. The number of likely N-dealkylation sites (N-methyl/N-ethyl adjacent to an activating group) is 1. The number of hydrogen-bond donors (Lipinski definition) is 5. The molecule has 1 aromatic heterocycles. The second-order valence-electron chi connectivity index (χ2n) is 11.5. The number of aliphatic hydroxyl groups excluding tert-OH is 1. The molecule has 1 aliphatic carbocycles. The van der Waals surface area contributed by atoms with Crippen molar-refractivity contribution in [1.29, 1.82) is 0 Å². The number of phenolic OH excluding ortho intramolecular Hbond substituents is 1. The Labute approximate surface area is 236 Å². The van der Waals surface area contributed by atoms with Gasteiger partial charge in [-0.15, -0.1) is 0 Å². The third kappa shape index (κ3) is 6.59. The van der Waals surface area contributed by atoms with Gasteiger partial charge in [0.05, 0.1) is 17.5 Å². The summed E-state index contributed by atoms with van der Waals surface area (Å²) in [6, 6.07) is 6.25. The number of anilines is 4. The van der Waals surface area contributed by atoms with Crippen LogP contribution in [0.5, 0.6) is 5.75 Å². The maximum Gasteiger partial charge on any atom is 0.271 e. The number of piperazine rings is 1. The van der Waals surface area contributed by atoms with Crippen LogP contribution in [0.25, 0.3) is 0 Å². The Bertz CT molecular complexity index is 1170. The Hall–Kier alpha value is -3.15. The molecule has 2 aromatic rings. The molecular formula is C29H44N8O3. The number of benzene rings is 1. The Morgan fingerprint density at radius 2 is 1.70 bits per heavy atom. The van der Waals surface area contributed by atoms with Crippen LogP contribution in [0.3, 0.4) is 0 Å². The standard InChI is InChI=1S/C29H44N8O3/c1-3-23-28(31-19-4-7-22(38)8-5-19)34-29(26(33-23)27(30)40)32-20-6-9-24(25(39)18-20)37-12-10-21(11-13-37)36-16-14-35(2)15-17-36/h6,9,18-19,21-22,38-39H,3-5,7-8,10-17H2,1-2H3,(H2,30,40)(H2,31,32,34). The van der Waals surface area contributed by atoms with Crippen LogP contribution >= 0.6 is 0 Å². The van der Waals surface area contributed by atoms with Crippen LogP contribution in [0, 0.1) is 0 Å². The SMILES string of the molecule is CCc1nc(C(N)=O)c(Nc2ccc(N3CCC(N4CCN(C)CC4)CC3)c(O)c2)nc1NC1CCC(O)CC1. The van der Waals surface area contributed by atoms with Gasteiger partial charge in [0.1, 0.15) is 11.6 Å². The van der Waals surface area contributed by atoms with Crippen molar-refractivity contribution in [3.63, 3.8) is 0 Å². The molecule has 11 heteroatoms. The number of hydrogen-bond acceptors (Lipinski definition) is 10. The second kappa shape index (κ2) is 12.6. The summed E-state index contributed by atoms with van der Waals surface area (Å²) in [5.41, 5.74) is 7.82. The molecule has 6 N–H and O–H groups in total. The molecule has 2 saturated heterocycles. The van der Waals surface area contributed by atoms with Crippen LogP contribution in [0.1, 0.15) is 61.6 Å². The van der Waals surface area contributed by atoms with Gasteiger partial charge in [0.25, 0.3) is 5.91 Å². The van der Waals surface area contributed by atoms with Crippen molar-refractivity contribution in [3.8, 4) is 5.75 Å². The summed E-state index contributed by atoms with van der Waals surface area (Å²) in [6.45, 7) is 8.27. The molecule has 3 heterocycles. The number of aryl methyl sites for hydroxylation is 1. The molecule has 218 valence electrons. The van der Waals surface area contributed by atoms with E-state index >= 15 is 0 Å². The molecule has 0 unspecified atom stereocenters. The molecule has 0 bridgehead atoms. The van der Waals surface area contributed by atoms with Crippen molar-refractivity contribution in [2.45, 2.75) is 70.1 Å². The molecule has 3 aliphatic rings.